The predicted molar refractivity (Wildman–Crippen MR) is 90.7 cm³/mol. The van der Waals surface area contributed by atoms with E-state index in [9.17, 15) is 4.79 Å². The molecule has 7 nitrogen and oxygen atoms in total. The minimum absolute atomic E-state index is 0.0393. The number of nitrogens with two attached hydrogens (primary N) is 1. The molecule has 0 aliphatic heterocycles. The van der Waals surface area contributed by atoms with Crippen molar-refractivity contribution in [3.05, 3.63) is 64.3 Å². The van der Waals surface area contributed by atoms with Gasteiger partial charge >= 0.3 is 5.97 Å². The molecule has 9 heteroatoms. The summed E-state index contributed by atoms with van der Waals surface area (Å²) in [6.07, 6.45) is 1.47. The Morgan fingerprint density at radius 3 is 2.71 bits per heavy atom. The van der Waals surface area contributed by atoms with Crippen LogP contribution >= 0.6 is 23.1 Å². The van der Waals surface area contributed by atoms with Crippen LogP contribution in [0.2, 0.25) is 5.15 Å². The van der Waals surface area contributed by atoms with Gasteiger partial charge in [0.05, 0.1) is 5.56 Å². The number of halogens is 1. The fourth-order valence-electron chi connectivity index (χ4n) is 1.83. The van der Waals surface area contributed by atoms with E-state index in [1.807, 2.05) is 17.5 Å². The number of carbonyl (C=O) groups is 1. The van der Waals surface area contributed by atoms with Gasteiger partial charge in [0.2, 0.25) is 0 Å². The molecular weight excluding hydrogens is 350 g/mol. The molecule has 24 heavy (non-hydrogen) atoms. The van der Waals surface area contributed by atoms with Crippen LogP contribution in [0.3, 0.4) is 0 Å². The Labute approximate surface area is 145 Å². The fourth-order valence-corrected chi connectivity index (χ4v) is 2.49. The van der Waals surface area contributed by atoms with Crippen LogP contribution in [0.5, 0.6) is 0 Å². The first-order chi connectivity index (χ1) is 11.6. The van der Waals surface area contributed by atoms with Crippen LogP contribution in [0.25, 0.3) is 11.3 Å². The Morgan fingerprint density at radius 1 is 1.25 bits per heavy atom. The van der Waals surface area contributed by atoms with E-state index in [-0.39, 0.29) is 16.6 Å². The van der Waals surface area contributed by atoms with Gasteiger partial charge in [-0.25, -0.2) is 9.78 Å². The van der Waals surface area contributed by atoms with E-state index in [1.165, 1.54) is 23.8 Å². The van der Waals surface area contributed by atoms with Crippen LogP contribution in [0.4, 0.5) is 0 Å². The molecule has 2 aromatic heterocycles. The summed E-state index contributed by atoms with van der Waals surface area (Å²) in [5, 5.41) is 9.50. The van der Waals surface area contributed by atoms with Crippen molar-refractivity contribution in [2.75, 3.05) is 0 Å². The molecule has 0 atom stereocenters. The molecule has 3 aromatic rings. The van der Waals surface area contributed by atoms with Gasteiger partial charge in [-0.1, -0.05) is 45.5 Å². The average molecular weight is 360 g/mol. The maximum absolute atomic E-state index is 11.9. The van der Waals surface area contributed by atoms with Gasteiger partial charge in [-0.05, 0) is 23.7 Å². The number of oxime groups is 1. The van der Waals surface area contributed by atoms with Gasteiger partial charge in [-0.2, -0.15) is 0 Å². The lowest BCUT2D eigenvalue weighted by molar-refractivity contribution is 0.0516. The molecular formula is C15H10ClN5O2S. The average Bonchev–Trinajstić information content (AvgIpc) is 3.14. The van der Waals surface area contributed by atoms with Crippen LogP contribution in [-0.4, -0.2) is 26.4 Å². The van der Waals surface area contributed by atoms with E-state index in [4.69, 9.17) is 22.2 Å². The lowest BCUT2D eigenvalue weighted by Gasteiger charge is -2.03. The third-order valence-electron chi connectivity index (χ3n) is 3.04. The lowest BCUT2D eigenvalue weighted by Crippen LogP contribution is -2.15. The lowest BCUT2D eigenvalue weighted by atomic mass is 10.1. The number of carbonyl (C=O) groups excluding carboxylic acids is 1. The topological polar surface area (TPSA) is 103 Å². The van der Waals surface area contributed by atoms with Crippen molar-refractivity contribution in [3.8, 4) is 11.3 Å². The van der Waals surface area contributed by atoms with E-state index in [1.54, 1.807) is 18.2 Å². The zero-order chi connectivity index (χ0) is 16.9. The van der Waals surface area contributed by atoms with Crippen LogP contribution < -0.4 is 5.73 Å². The molecule has 0 unspecified atom stereocenters. The van der Waals surface area contributed by atoms with E-state index in [0.717, 1.165) is 11.3 Å². The van der Waals surface area contributed by atoms with Gasteiger partial charge < -0.3 is 10.6 Å². The summed E-state index contributed by atoms with van der Waals surface area (Å²) in [5.74, 6) is -0.674. The Kier molecular flexibility index (Phi) is 4.78. The van der Waals surface area contributed by atoms with Crippen molar-refractivity contribution >= 4 is 34.9 Å². The second-order valence-corrected chi connectivity index (χ2v) is 5.53. The molecule has 0 radical (unpaired) electrons. The summed E-state index contributed by atoms with van der Waals surface area (Å²) in [6, 6.07) is 10.2. The predicted octanol–water partition coefficient (Wildman–Crippen LogP) is 2.73. The SMILES string of the molecule is NC(=NOC(=O)c1cccnc1Cl)c1ccc(-c2csnn2)cc1. The fraction of sp³-hybridized carbons (Fsp3) is 0. The van der Waals surface area contributed by atoms with Gasteiger partial charge in [-0.3, -0.25) is 0 Å². The largest absolute Gasteiger partial charge is 0.380 e. The molecule has 0 aliphatic rings. The second-order valence-electron chi connectivity index (χ2n) is 4.56. The first-order valence-electron chi connectivity index (χ1n) is 6.68. The number of rotatable bonds is 4. The van der Waals surface area contributed by atoms with E-state index in [0.29, 0.717) is 5.56 Å². The van der Waals surface area contributed by atoms with Crippen LogP contribution in [0.1, 0.15) is 15.9 Å². The number of aromatic nitrogens is 3. The van der Waals surface area contributed by atoms with Crippen molar-refractivity contribution in [1.29, 1.82) is 0 Å². The van der Waals surface area contributed by atoms with Gasteiger partial charge in [-0.15, -0.1) is 5.10 Å². The third kappa shape index (κ3) is 3.55. The maximum atomic E-state index is 11.9. The Balaban J connectivity index is 1.72. The summed E-state index contributed by atoms with van der Waals surface area (Å²) < 4.78 is 3.81. The molecule has 0 fully saturated rings. The number of nitrogens with zero attached hydrogens (tertiary/aromatic N) is 4. The van der Waals surface area contributed by atoms with E-state index in [2.05, 4.69) is 19.7 Å². The maximum Gasteiger partial charge on any atom is 0.368 e. The van der Waals surface area contributed by atoms with Gasteiger partial charge in [0, 0.05) is 22.7 Å². The molecule has 0 saturated heterocycles. The Bertz CT molecular complexity index is 881. The zero-order valence-corrected chi connectivity index (χ0v) is 13.7. The van der Waals surface area contributed by atoms with Crippen LogP contribution in [-0.2, 0) is 4.84 Å². The number of hydrogen-bond donors (Lipinski definition) is 1. The molecule has 120 valence electrons. The molecule has 0 saturated carbocycles. The quantitative estimate of drug-likeness (QED) is 0.252. The van der Waals surface area contributed by atoms with Crippen molar-refractivity contribution < 1.29 is 9.63 Å². The normalized spacial score (nSPS) is 11.3. The summed E-state index contributed by atoms with van der Waals surface area (Å²) in [7, 11) is 0. The van der Waals surface area contributed by atoms with Gasteiger partial charge in [0.15, 0.2) is 5.84 Å². The van der Waals surface area contributed by atoms with E-state index < -0.39 is 5.97 Å². The molecule has 0 bridgehead atoms. The highest BCUT2D eigenvalue weighted by molar-refractivity contribution is 7.03. The monoisotopic (exact) mass is 359 g/mol. The van der Waals surface area contributed by atoms with Crippen molar-refractivity contribution in [1.82, 2.24) is 14.6 Å². The van der Waals surface area contributed by atoms with Crippen LogP contribution in [0, 0.1) is 0 Å². The number of amidine groups is 1. The second kappa shape index (κ2) is 7.16. The van der Waals surface area contributed by atoms with Gasteiger partial charge in [0.1, 0.15) is 10.8 Å². The highest BCUT2D eigenvalue weighted by Gasteiger charge is 2.13. The minimum Gasteiger partial charge on any atom is -0.380 e. The number of hydrogen-bond acceptors (Lipinski definition) is 7. The molecule has 0 aliphatic carbocycles. The summed E-state index contributed by atoms with van der Waals surface area (Å²) in [6.45, 7) is 0. The first kappa shape index (κ1) is 16.0. The highest BCUT2D eigenvalue weighted by Crippen LogP contribution is 2.18. The number of pyridine rings is 1. The minimum atomic E-state index is -0.735. The van der Waals surface area contributed by atoms with Gasteiger partial charge in [0.25, 0.3) is 0 Å². The van der Waals surface area contributed by atoms with E-state index >= 15 is 0 Å². The molecule has 2 heterocycles. The molecule has 1 aromatic carbocycles. The van der Waals surface area contributed by atoms with Crippen molar-refractivity contribution in [2.45, 2.75) is 0 Å². The summed E-state index contributed by atoms with van der Waals surface area (Å²) >= 11 is 7.09. The molecule has 2 N–H and O–H groups in total. The first-order valence-corrected chi connectivity index (χ1v) is 7.90. The summed E-state index contributed by atoms with van der Waals surface area (Å²) in [5.41, 5.74) is 8.22. The van der Waals surface area contributed by atoms with Crippen LogP contribution in [0.15, 0.2) is 53.1 Å². The highest BCUT2D eigenvalue weighted by atomic mass is 35.5. The Morgan fingerprint density at radius 2 is 2.04 bits per heavy atom. The van der Waals surface area contributed by atoms with Crippen molar-refractivity contribution in [3.63, 3.8) is 0 Å². The van der Waals surface area contributed by atoms with Crippen molar-refractivity contribution in [2.24, 2.45) is 10.9 Å². The smallest absolute Gasteiger partial charge is 0.368 e. The standard InChI is InChI=1S/C15H10ClN5O2S/c16-13-11(2-1-7-18-13)15(22)23-20-14(17)10-5-3-9(4-6-10)12-8-24-21-19-12/h1-8H,(H2,17,20). The molecule has 0 spiro atoms. The Hall–Kier alpha value is -2.84. The molecule has 0 amide bonds. The summed E-state index contributed by atoms with van der Waals surface area (Å²) in [4.78, 5) is 20.5. The molecule has 3 rings (SSSR count). The third-order valence-corrected chi connectivity index (χ3v) is 3.85. The number of benzene rings is 1. The zero-order valence-electron chi connectivity index (χ0n) is 12.1.